The Bertz CT molecular complexity index is 1830. The first-order valence-electron chi connectivity index (χ1n) is 18.1. The fourth-order valence-electron chi connectivity index (χ4n) is 7.38. The van der Waals surface area contributed by atoms with Crippen LogP contribution in [0.25, 0.3) is 10.9 Å². The minimum Gasteiger partial charge on any atom is -0.381 e. The number of anilines is 5. The normalized spacial score (nSPS) is 19.3. The molecule has 1 atom stereocenters. The van der Waals surface area contributed by atoms with Crippen molar-refractivity contribution in [2.24, 2.45) is 0 Å². The van der Waals surface area contributed by atoms with Crippen LogP contribution in [0.2, 0.25) is 0 Å². The molecule has 1 aromatic carbocycles. The lowest BCUT2D eigenvalue weighted by molar-refractivity contribution is -0.133. The molecule has 3 fully saturated rings. The average Bonchev–Trinajstić information content (AvgIpc) is 3.53. The van der Waals surface area contributed by atoms with E-state index in [2.05, 4.69) is 79.4 Å². The van der Waals surface area contributed by atoms with Gasteiger partial charge in [0, 0.05) is 82.5 Å². The number of imide groups is 1. The van der Waals surface area contributed by atoms with Gasteiger partial charge in [-0.25, -0.2) is 9.97 Å². The van der Waals surface area contributed by atoms with Crippen LogP contribution in [0.5, 0.6) is 0 Å². The van der Waals surface area contributed by atoms with Gasteiger partial charge in [-0.3, -0.25) is 24.5 Å². The van der Waals surface area contributed by atoms with Gasteiger partial charge in [0.1, 0.15) is 17.7 Å². The highest BCUT2D eigenvalue weighted by atomic mass is 16.5. The van der Waals surface area contributed by atoms with Gasteiger partial charge in [0.25, 0.3) is 0 Å². The molecule has 2 amide bonds. The van der Waals surface area contributed by atoms with Crippen LogP contribution in [0.15, 0.2) is 48.8 Å². The summed E-state index contributed by atoms with van der Waals surface area (Å²) in [5.74, 6) is 2.67. The van der Waals surface area contributed by atoms with Crippen molar-refractivity contribution in [2.45, 2.75) is 83.1 Å². The lowest BCUT2D eigenvalue weighted by atomic mass is 10.0. The fraction of sp³-hybridized carbons (Fsp3) is 0.514. The number of pyridine rings is 1. The first-order valence-corrected chi connectivity index (χ1v) is 18.1. The Hall–Kier alpha value is -4.82. The van der Waals surface area contributed by atoms with Crippen molar-refractivity contribution < 1.29 is 14.3 Å². The van der Waals surface area contributed by atoms with Crippen molar-refractivity contribution in [1.82, 2.24) is 34.9 Å². The molecular weight excluding hydrogens is 646 g/mol. The van der Waals surface area contributed by atoms with Crippen molar-refractivity contribution in [3.05, 3.63) is 54.4 Å². The van der Waals surface area contributed by atoms with E-state index in [1.54, 1.807) is 13.3 Å². The maximum Gasteiger partial charge on any atom is 0.249 e. The van der Waals surface area contributed by atoms with Crippen LogP contribution in [0.1, 0.15) is 64.0 Å². The number of aromatic nitrogens is 5. The Kier molecular flexibility index (Phi) is 10.3. The molecule has 0 saturated carbocycles. The van der Waals surface area contributed by atoms with Crippen molar-refractivity contribution in [3.8, 4) is 0 Å². The molecule has 0 aliphatic carbocycles. The number of carbonyl (C=O) groups excluding carboxylic acids is 2. The number of nitrogens with one attached hydrogen (secondary N) is 3. The largest absolute Gasteiger partial charge is 0.381 e. The van der Waals surface area contributed by atoms with E-state index in [-0.39, 0.29) is 23.9 Å². The van der Waals surface area contributed by atoms with Gasteiger partial charge in [0.05, 0.1) is 17.0 Å². The molecule has 3 aliphatic rings. The minimum atomic E-state index is -0.382. The molecule has 51 heavy (non-hydrogen) atoms. The summed E-state index contributed by atoms with van der Waals surface area (Å²) in [6.07, 6.45) is 8.91. The number of fused-ring (bicyclic) bond motifs is 1. The van der Waals surface area contributed by atoms with Crippen molar-refractivity contribution in [2.75, 3.05) is 60.8 Å². The summed E-state index contributed by atoms with van der Waals surface area (Å²) >= 11 is 0. The van der Waals surface area contributed by atoms with Crippen LogP contribution < -0.4 is 25.8 Å². The van der Waals surface area contributed by atoms with Crippen LogP contribution in [0.4, 0.5) is 29.1 Å². The molecule has 3 aromatic heterocycles. The Morgan fingerprint density at radius 3 is 2.41 bits per heavy atom. The number of amides is 2. The second kappa shape index (κ2) is 15.2. The molecule has 3 aliphatic heterocycles. The zero-order chi connectivity index (χ0) is 35.5. The summed E-state index contributed by atoms with van der Waals surface area (Å²) in [4.78, 5) is 44.8. The molecule has 3 saturated heterocycles. The van der Waals surface area contributed by atoms with E-state index in [1.165, 1.54) is 5.56 Å². The molecule has 4 aromatic rings. The Morgan fingerprint density at radius 2 is 1.71 bits per heavy atom. The summed E-state index contributed by atoms with van der Waals surface area (Å²) in [6.45, 7) is 8.74. The monoisotopic (exact) mass is 695 g/mol. The third-order valence-electron chi connectivity index (χ3n) is 10.4. The van der Waals surface area contributed by atoms with Gasteiger partial charge < -0.3 is 25.2 Å². The van der Waals surface area contributed by atoms with Crippen molar-refractivity contribution in [1.29, 1.82) is 0 Å². The number of carbonyl (C=O) groups is 2. The zero-order valence-electron chi connectivity index (χ0n) is 30.0. The molecule has 6 heterocycles. The molecule has 1 unspecified atom stereocenters. The van der Waals surface area contributed by atoms with Crippen LogP contribution >= 0.6 is 0 Å². The summed E-state index contributed by atoms with van der Waals surface area (Å²) in [6, 6.07) is 12.5. The fourth-order valence-corrected chi connectivity index (χ4v) is 7.38. The average molecular weight is 696 g/mol. The smallest absolute Gasteiger partial charge is 0.249 e. The van der Waals surface area contributed by atoms with E-state index in [1.807, 2.05) is 24.4 Å². The molecule has 270 valence electrons. The van der Waals surface area contributed by atoms with Gasteiger partial charge in [-0.15, -0.1) is 0 Å². The number of ether oxygens (including phenoxy) is 1. The number of rotatable bonds is 11. The second-order valence-electron chi connectivity index (χ2n) is 14.2. The van der Waals surface area contributed by atoms with Crippen LogP contribution in [-0.4, -0.2) is 100.0 Å². The number of piperidine rings is 3. The Morgan fingerprint density at radius 1 is 0.961 bits per heavy atom. The third-order valence-corrected chi connectivity index (χ3v) is 10.4. The standard InChI is InChI=1S/C37H49N11O3/c1-24(2)48-31-21-33(41-32-11-16-38-37(42-32)47-19-14-28(51-4)15-20-47)39-22-29(31)35(44-48)46-17-12-27(13-18-46)45(3)23-25-5-7-26(8-6-25)40-30-9-10-34(49)43-36(30)50/h5-8,11,16,21-22,24,27-28,30,40H,9-10,12-15,17-20,23H2,1-4H3,(H,43,49,50)(H,38,39,41,42). The topological polar surface area (TPSA) is 146 Å². The predicted octanol–water partition coefficient (Wildman–Crippen LogP) is 4.48. The van der Waals surface area contributed by atoms with E-state index in [4.69, 9.17) is 19.8 Å². The van der Waals surface area contributed by atoms with Crippen molar-refractivity contribution >= 4 is 51.8 Å². The van der Waals surface area contributed by atoms with E-state index >= 15 is 0 Å². The van der Waals surface area contributed by atoms with Crippen LogP contribution in [-0.2, 0) is 20.9 Å². The van der Waals surface area contributed by atoms with E-state index < -0.39 is 0 Å². The maximum atomic E-state index is 12.1. The number of hydrogen-bond donors (Lipinski definition) is 3. The first kappa shape index (κ1) is 34.6. The minimum absolute atomic E-state index is 0.187. The van der Waals surface area contributed by atoms with Crippen molar-refractivity contribution in [3.63, 3.8) is 0 Å². The van der Waals surface area contributed by atoms with Gasteiger partial charge in [-0.05, 0) is 76.8 Å². The van der Waals surface area contributed by atoms with Gasteiger partial charge in [0.2, 0.25) is 17.8 Å². The van der Waals surface area contributed by atoms with Gasteiger partial charge in [-0.2, -0.15) is 10.1 Å². The summed E-state index contributed by atoms with van der Waals surface area (Å²) in [7, 11) is 3.97. The zero-order valence-corrected chi connectivity index (χ0v) is 30.0. The molecule has 7 rings (SSSR count). The molecule has 0 spiro atoms. The summed E-state index contributed by atoms with van der Waals surface area (Å²) < 4.78 is 7.62. The Labute approximate surface area is 299 Å². The maximum absolute atomic E-state index is 12.1. The molecule has 0 radical (unpaired) electrons. The molecule has 3 N–H and O–H groups in total. The lowest BCUT2D eigenvalue weighted by Gasteiger charge is -2.37. The van der Waals surface area contributed by atoms with Gasteiger partial charge >= 0.3 is 0 Å². The van der Waals surface area contributed by atoms with E-state index in [0.717, 1.165) is 92.6 Å². The van der Waals surface area contributed by atoms with E-state index in [0.29, 0.717) is 30.8 Å². The lowest BCUT2D eigenvalue weighted by Crippen LogP contribution is -2.47. The van der Waals surface area contributed by atoms with Gasteiger partial charge in [0.15, 0.2) is 5.82 Å². The first-order chi connectivity index (χ1) is 24.7. The number of benzene rings is 1. The highest BCUT2D eigenvalue weighted by Gasteiger charge is 2.28. The number of hydrogen-bond acceptors (Lipinski definition) is 12. The summed E-state index contributed by atoms with van der Waals surface area (Å²) in [5.41, 5.74) is 3.14. The highest BCUT2D eigenvalue weighted by Crippen LogP contribution is 2.32. The molecular formula is C37H49N11O3. The SMILES string of the molecule is COC1CCN(c2nccc(Nc3cc4c(cn3)c(N3CCC(N(C)Cc5ccc(NC6CCC(=O)NC6=O)cc5)CC3)nn4C(C)C)n2)CC1. The van der Waals surface area contributed by atoms with Crippen LogP contribution in [0.3, 0.4) is 0 Å². The summed E-state index contributed by atoms with van der Waals surface area (Å²) in [5, 5.41) is 15.2. The van der Waals surface area contributed by atoms with Crippen LogP contribution in [0, 0.1) is 0 Å². The highest BCUT2D eigenvalue weighted by molar-refractivity contribution is 6.01. The number of methoxy groups -OCH3 is 1. The molecule has 14 nitrogen and oxygen atoms in total. The Balaban J connectivity index is 0.965. The second-order valence-corrected chi connectivity index (χ2v) is 14.2. The predicted molar refractivity (Wildman–Crippen MR) is 198 cm³/mol. The number of nitrogens with zero attached hydrogens (tertiary/aromatic N) is 8. The van der Waals surface area contributed by atoms with E-state index in [9.17, 15) is 9.59 Å². The molecule has 14 heteroatoms. The molecule has 0 bridgehead atoms. The van der Waals surface area contributed by atoms with Gasteiger partial charge in [-0.1, -0.05) is 12.1 Å². The third kappa shape index (κ3) is 7.91. The quantitative estimate of drug-likeness (QED) is 0.190.